The Morgan fingerprint density at radius 2 is 0.857 bits per heavy atom. The maximum Gasteiger partial charge on any atom is 0.251 e. The van der Waals surface area contributed by atoms with Gasteiger partial charge in [0.1, 0.15) is 24.2 Å². The molecule has 6 amide bonds. The standard InChI is InChI=1S/C42H52N8O6/c1-25(2)35-41(55)43-27(5)37(51)46-34-18-20-50(22-30-15-11-8-12-16-30)24-32(34)40(54)48-36(26(3)4)42(56)44-28(6)38(52)45-33-17-19-49(23-31(33)39(53)47-35)21-29-13-9-7-10-14-29/h7-20,23-28,33-36H,21-22H2,1-6H3,(H,43,55)(H,44,56)(H,45,52)(H,46,51)(H,47,53)(H,48,54)/t27-,28+,33-,34-,35-,36-/m1/s1. The largest absolute Gasteiger partial charge is 0.350 e. The van der Waals surface area contributed by atoms with Gasteiger partial charge in [-0.2, -0.15) is 0 Å². The van der Waals surface area contributed by atoms with Crippen LogP contribution in [0.5, 0.6) is 0 Å². The third-order valence-electron chi connectivity index (χ3n) is 9.73. The summed E-state index contributed by atoms with van der Waals surface area (Å²) in [5.41, 5.74) is 2.28. The first-order chi connectivity index (χ1) is 26.7. The Labute approximate surface area is 327 Å². The summed E-state index contributed by atoms with van der Waals surface area (Å²) in [7, 11) is 0. The Hall–Kier alpha value is -6.18. The fraction of sp³-hybridized carbons (Fsp3) is 0.381. The number of nitrogens with zero attached hydrogens (tertiary/aromatic N) is 2. The molecule has 0 bridgehead atoms. The quantitative estimate of drug-likeness (QED) is 0.259. The van der Waals surface area contributed by atoms with Crippen LogP contribution in [0.1, 0.15) is 52.7 Å². The molecule has 6 N–H and O–H groups in total. The molecule has 56 heavy (non-hydrogen) atoms. The second-order valence-corrected chi connectivity index (χ2v) is 15.0. The summed E-state index contributed by atoms with van der Waals surface area (Å²) < 4.78 is 0. The molecule has 3 aliphatic rings. The normalized spacial score (nSPS) is 25.4. The van der Waals surface area contributed by atoms with E-state index in [1.165, 1.54) is 13.8 Å². The number of carbonyl (C=O) groups excluding carboxylic acids is 6. The zero-order valence-electron chi connectivity index (χ0n) is 32.6. The highest BCUT2D eigenvalue weighted by Gasteiger charge is 2.35. The summed E-state index contributed by atoms with van der Waals surface area (Å²) in [5.74, 6) is -4.29. The van der Waals surface area contributed by atoms with Gasteiger partial charge in [0.25, 0.3) is 11.8 Å². The summed E-state index contributed by atoms with van der Waals surface area (Å²) in [4.78, 5) is 86.4. The Balaban J connectivity index is 1.46. The van der Waals surface area contributed by atoms with Crippen LogP contribution in [0.15, 0.2) is 109 Å². The molecule has 3 aliphatic heterocycles. The minimum absolute atomic E-state index is 0.158. The van der Waals surface area contributed by atoms with Crippen LogP contribution < -0.4 is 31.9 Å². The third kappa shape index (κ3) is 10.5. The zero-order chi connectivity index (χ0) is 40.5. The first-order valence-electron chi connectivity index (χ1n) is 18.9. The molecule has 0 aliphatic carbocycles. The molecule has 3 heterocycles. The molecule has 1 saturated heterocycles. The molecule has 0 unspecified atom stereocenters. The second-order valence-electron chi connectivity index (χ2n) is 15.0. The lowest BCUT2D eigenvalue weighted by molar-refractivity contribution is -0.133. The maximum atomic E-state index is 14.0. The van der Waals surface area contributed by atoms with Gasteiger partial charge in [0.15, 0.2) is 0 Å². The summed E-state index contributed by atoms with van der Waals surface area (Å²) in [6, 6.07) is 13.2. The number of nitrogens with one attached hydrogen (secondary N) is 6. The van der Waals surface area contributed by atoms with Crippen LogP contribution in [-0.2, 0) is 41.9 Å². The van der Waals surface area contributed by atoms with Crippen LogP contribution in [0.25, 0.3) is 0 Å². The number of amides is 6. The fourth-order valence-electron chi connectivity index (χ4n) is 6.45. The van der Waals surface area contributed by atoms with Crippen molar-refractivity contribution in [1.29, 1.82) is 0 Å². The molecule has 0 aromatic heterocycles. The molecule has 6 atom stereocenters. The van der Waals surface area contributed by atoms with E-state index < -0.39 is 71.7 Å². The average molecular weight is 765 g/mol. The van der Waals surface area contributed by atoms with E-state index in [4.69, 9.17) is 0 Å². The van der Waals surface area contributed by atoms with E-state index in [9.17, 15) is 28.8 Å². The fourth-order valence-corrected chi connectivity index (χ4v) is 6.45. The smallest absolute Gasteiger partial charge is 0.251 e. The van der Waals surface area contributed by atoms with E-state index in [-0.39, 0.29) is 23.0 Å². The Kier molecular flexibility index (Phi) is 13.5. The summed E-state index contributed by atoms with van der Waals surface area (Å²) >= 11 is 0. The number of hydrogen-bond donors (Lipinski definition) is 6. The molecule has 0 radical (unpaired) electrons. The van der Waals surface area contributed by atoms with Crippen LogP contribution in [0.2, 0.25) is 0 Å². The molecule has 0 spiro atoms. The van der Waals surface area contributed by atoms with Crippen molar-refractivity contribution in [3.8, 4) is 0 Å². The van der Waals surface area contributed by atoms with Crippen molar-refractivity contribution in [1.82, 2.24) is 41.7 Å². The maximum absolute atomic E-state index is 14.0. The van der Waals surface area contributed by atoms with Crippen molar-refractivity contribution in [2.75, 3.05) is 0 Å². The van der Waals surface area contributed by atoms with E-state index in [0.29, 0.717) is 13.1 Å². The Bertz CT molecular complexity index is 1770. The SMILES string of the molecule is CC(C)[C@H]1NC(=O)C2=CN(Cc3ccccc3)C=C[C@H]2NC(=O)[C@@H](C)NC(=O)[C@@H](C(C)C)NC(=O)C2=CN(Cc3ccccc3)C=C[C@H]2NC(=O)[C@H](C)NC1=O. The van der Waals surface area contributed by atoms with Crippen LogP contribution in [0.3, 0.4) is 0 Å². The first-order valence-corrected chi connectivity index (χ1v) is 18.9. The molecular formula is C42H52N8O6. The van der Waals surface area contributed by atoms with Crippen molar-refractivity contribution in [3.63, 3.8) is 0 Å². The summed E-state index contributed by atoms with van der Waals surface area (Å²) in [6.45, 7) is 11.0. The zero-order valence-corrected chi connectivity index (χ0v) is 32.6. The average Bonchev–Trinajstić information content (AvgIpc) is 3.16. The van der Waals surface area contributed by atoms with Crippen molar-refractivity contribution in [2.45, 2.75) is 90.9 Å². The molecule has 296 valence electrons. The molecule has 2 aromatic carbocycles. The lowest BCUT2D eigenvalue weighted by Gasteiger charge is -2.31. The number of hydrogen-bond acceptors (Lipinski definition) is 8. The molecule has 1 fully saturated rings. The lowest BCUT2D eigenvalue weighted by Crippen LogP contribution is -2.58. The second kappa shape index (κ2) is 18.4. The van der Waals surface area contributed by atoms with Gasteiger partial charge in [-0.05, 0) is 49.0 Å². The Morgan fingerprint density at radius 1 is 0.500 bits per heavy atom. The van der Waals surface area contributed by atoms with E-state index in [1.54, 1.807) is 74.4 Å². The Morgan fingerprint density at radius 3 is 1.20 bits per heavy atom. The monoisotopic (exact) mass is 764 g/mol. The minimum Gasteiger partial charge on any atom is -0.350 e. The van der Waals surface area contributed by atoms with Crippen molar-refractivity contribution < 1.29 is 28.8 Å². The van der Waals surface area contributed by atoms with Gasteiger partial charge in [0, 0.05) is 37.9 Å². The molecular weight excluding hydrogens is 713 g/mol. The van der Waals surface area contributed by atoms with Gasteiger partial charge in [0.05, 0.1) is 23.2 Å². The van der Waals surface area contributed by atoms with Gasteiger partial charge in [-0.3, -0.25) is 28.8 Å². The van der Waals surface area contributed by atoms with E-state index in [0.717, 1.165) is 11.1 Å². The van der Waals surface area contributed by atoms with Gasteiger partial charge in [-0.1, -0.05) is 88.4 Å². The number of rotatable bonds is 6. The molecule has 2 aromatic rings. The van der Waals surface area contributed by atoms with Gasteiger partial charge < -0.3 is 41.7 Å². The number of benzene rings is 2. The van der Waals surface area contributed by atoms with E-state index in [1.807, 2.05) is 60.7 Å². The lowest BCUT2D eigenvalue weighted by atomic mass is 9.98. The van der Waals surface area contributed by atoms with Crippen molar-refractivity contribution >= 4 is 35.4 Å². The van der Waals surface area contributed by atoms with Crippen LogP contribution in [0.4, 0.5) is 0 Å². The first kappa shape index (κ1) is 41.0. The number of fused-ring (bicyclic) bond motifs is 2. The predicted octanol–water partition coefficient (Wildman–Crippen LogP) is 2.09. The van der Waals surface area contributed by atoms with Crippen LogP contribution in [0, 0.1) is 11.8 Å². The molecule has 5 rings (SSSR count). The van der Waals surface area contributed by atoms with E-state index >= 15 is 0 Å². The summed E-state index contributed by atoms with van der Waals surface area (Å²) in [6.07, 6.45) is 10.0. The highest BCUT2D eigenvalue weighted by molar-refractivity contribution is 6.02. The van der Waals surface area contributed by atoms with Crippen molar-refractivity contribution in [3.05, 3.63) is 120 Å². The van der Waals surface area contributed by atoms with E-state index in [2.05, 4.69) is 31.9 Å². The topological polar surface area (TPSA) is 181 Å². The minimum atomic E-state index is -1.06. The number of carbonyl (C=O) groups is 6. The van der Waals surface area contributed by atoms with Gasteiger partial charge in [-0.25, -0.2) is 0 Å². The third-order valence-corrected chi connectivity index (χ3v) is 9.73. The molecule has 14 nitrogen and oxygen atoms in total. The van der Waals surface area contributed by atoms with Gasteiger partial charge >= 0.3 is 0 Å². The van der Waals surface area contributed by atoms with Gasteiger partial charge in [-0.15, -0.1) is 0 Å². The van der Waals surface area contributed by atoms with Crippen molar-refractivity contribution in [2.24, 2.45) is 11.8 Å². The highest BCUT2D eigenvalue weighted by atomic mass is 16.2. The molecule has 0 saturated carbocycles. The van der Waals surface area contributed by atoms with Crippen LogP contribution in [-0.4, -0.2) is 81.5 Å². The predicted molar refractivity (Wildman–Crippen MR) is 211 cm³/mol. The summed E-state index contributed by atoms with van der Waals surface area (Å²) in [5, 5.41) is 16.8. The highest BCUT2D eigenvalue weighted by Crippen LogP contribution is 2.20. The van der Waals surface area contributed by atoms with Crippen LogP contribution >= 0.6 is 0 Å². The van der Waals surface area contributed by atoms with Gasteiger partial charge in [0.2, 0.25) is 23.6 Å². The molecule has 14 heteroatoms.